The summed E-state index contributed by atoms with van der Waals surface area (Å²) in [4.78, 5) is 0. The van der Waals surface area contributed by atoms with Gasteiger partial charge >= 0.3 is 0 Å². The number of ether oxygens (including phenoxy) is 1. The zero-order valence-corrected chi connectivity index (χ0v) is 18.3. The maximum Gasteiger partial charge on any atom is 0.119 e. The summed E-state index contributed by atoms with van der Waals surface area (Å²) in [7, 11) is 0. The molecule has 2 unspecified atom stereocenters. The molecular weight excluding hydrogens is 354 g/mol. The van der Waals surface area contributed by atoms with Crippen LogP contribution in [0.2, 0.25) is 0 Å². The predicted octanol–water partition coefficient (Wildman–Crippen LogP) is 6.41. The fraction of sp³-hybridized carbons (Fsp3) is 0.556. The van der Waals surface area contributed by atoms with E-state index in [2.05, 4.69) is 74.6 Å². The lowest BCUT2D eigenvalue weighted by atomic mass is 9.43. The van der Waals surface area contributed by atoms with E-state index in [1.807, 2.05) is 0 Å². The zero-order valence-electron chi connectivity index (χ0n) is 18.3. The van der Waals surface area contributed by atoms with Crippen molar-refractivity contribution < 1.29 is 4.74 Å². The number of hydrogen-bond donors (Lipinski definition) is 1. The van der Waals surface area contributed by atoms with Crippen LogP contribution in [0.15, 0.2) is 48.5 Å². The van der Waals surface area contributed by atoms with Crippen molar-refractivity contribution >= 4 is 0 Å². The van der Waals surface area contributed by atoms with E-state index >= 15 is 0 Å². The molecule has 4 aliphatic carbocycles. The number of hydrogen-bond acceptors (Lipinski definition) is 2. The number of aryl methyl sites for hydroxylation is 1. The first-order chi connectivity index (χ1) is 13.8. The molecule has 154 valence electrons. The second-order valence-corrected chi connectivity index (χ2v) is 11.1. The minimum atomic E-state index is 0.364. The van der Waals surface area contributed by atoms with Gasteiger partial charge in [-0.05, 0) is 91.0 Å². The van der Waals surface area contributed by atoms with Crippen LogP contribution in [0.3, 0.4) is 0 Å². The summed E-state index contributed by atoms with van der Waals surface area (Å²) in [6.45, 7) is 8.83. The highest BCUT2D eigenvalue weighted by Crippen LogP contribution is 2.66. The Hall–Kier alpha value is -1.80. The number of nitrogens with one attached hydrogen (secondary N) is 1. The Balaban J connectivity index is 1.20. The van der Waals surface area contributed by atoms with Gasteiger partial charge in [-0.15, -0.1) is 0 Å². The maximum absolute atomic E-state index is 6.01. The molecule has 29 heavy (non-hydrogen) atoms. The highest BCUT2D eigenvalue weighted by Gasteiger charge is 2.59. The van der Waals surface area contributed by atoms with Crippen molar-refractivity contribution in [3.63, 3.8) is 0 Å². The van der Waals surface area contributed by atoms with Crippen molar-refractivity contribution in [3.8, 4) is 5.75 Å². The monoisotopic (exact) mass is 389 g/mol. The molecule has 0 aliphatic heterocycles. The molecule has 4 bridgehead atoms. The van der Waals surface area contributed by atoms with Gasteiger partial charge in [0.25, 0.3) is 0 Å². The smallest absolute Gasteiger partial charge is 0.119 e. The average Bonchev–Trinajstić information content (AvgIpc) is 2.64. The lowest BCUT2D eigenvalue weighted by Crippen LogP contribution is -2.63. The van der Waals surface area contributed by atoms with Crippen molar-refractivity contribution in [3.05, 3.63) is 65.2 Å². The Labute approximate surface area is 176 Å². The first-order valence-electron chi connectivity index (χ1n) is 11.4. The van der Waals surface area contributed by atoms with Crippen molar-refractivity contribution in [1.82, 2.24) is 5.32 Å². The minimum Gasteiger partial charge on any atom is -0.489 e. The molecule has 4 fully saturated rings. The average molecular weight is 390 g/mol. The molecular formula is C27H35NO. The summed E-state index contributed by atoms with van der Waals surface area (Å²) in [5.74, 6) is 1.89. The van der Waals surface area contributed by atoms with Crippen LogP contribution >= 0.6 is 0 Å². The Morgan fingerprint density at radius 3 is 2.24 bits per heavy atom. The maximum atomic E-state index is 6.01. The lowest BCUT2D eigenvalue weighted by molar-refractivity contribution is -0.118. The lowest BCUT2D eigenvalue weighted by Gasteiger charge is -2.65. The SMILES string of the molecule is Cc1ccccc1COc1ccc(CNC23CC4C[C@@](C)(C2)C[C@](C)(C4)C3)cc1. The molecule has 0 amide bonds. The Bertz CT molecular complexity index is 868. The number of benzene rings is 2. The van der Waals surface area contributed by atoms with Crippen LogP contribution in [-0.4, -0.2) is 5.54 Å². The van der Waals surface area contributed by atoms with Gasteiger partial charge in [0, 0.05) is 12.1 Å². The molecule has 2 aromatic carbocycles. The van der Waals surface area contributed by atoms with E-state index in [1.54, 1.807) is 0 Å². The molecule has 0 saturated heterocycles. The van der Waals surface area contributed by atoms with Gasteiger partial charge in [-0.3, -0.25) is 0 Å². The molecule has 2 nitrogen and oxygen atoms in total. The molecule has 0 heterocycles. The minimum absolute atomic E-state index is 0.364. The summed E-state index contributed by atoms with van der Waals surface area (Å²) in [6.07, 6.45) is 8.47. The quantitative estimate of drug-likeness (QED) is 0.616. The normalized spacial score (nSPS) is 35.1. The fourth-order valence-corrected chi connectivity index (χ4v) is 7.57. The van der Waals surface area contributed by atoms with E-state index < -0.39 is 0 Å². The van der Waals surface area contributed by atoms with Crippen molar-refractivity contribution in [1.29, 1.82) is 0 Å². The van der Waals surface area contributed by atoms with E-state index in [4.69, 9.17) is 4.74 Å². The van der Waals surface area contributed by atoms with Gasteiger partial charge in [0.2, 0.25) is 0 Å². The van der Waals surface area contributed by atoms with Crippen LogP contribution in [0.5, 0.6) is 5.75 Å². The largest absolute Gasteiger partial charge is 0.489 e. The third-order valence-electron chi connectivity index (χ3n) is 7.87. The van der Waals surface area contributed by atoms with Gasteiger partial charge < -0.3 is 10.1 Å². The van der Waals surface area contributed by atoms with Crippen LogP contribution in [0.1, 0.15) is 69.1 Å². The highest BCUT2D eigenvalue weighted by molar-refractivity contribution is 5.29. The van der Waals surface area contributed by atoms with Crippen LogP contribution < -0.4 is 10.1 Å². The predicted molar refractivity (Wildman–Crippen MR) is 119 cm³/mol. The van der Waals surface area contributed by atoms with Crippen LogP contribution in [0.25, 0.3) is 0 Å². The first kappa shape index (κ1) is 19.2. The van der Waals surface area contributed by atoms with Gasteiger partial charge in [0.05, 0.1) is 0 Å². The third kappa shape index (κ3) is 3.84. The summed E-state index contributed by atoms with van der Waals surface area (Å²) >= 11 is 0. The molecule has 1 N–H and O–H groups in total. The van der Waals surface area contributed by atoms with Crippen LogP contribution in [0, 0.1) is 23.7 Å². The first-order valence-corrected chi connectivity index (χ1v) is 11.4. The molecule has 0 radical (unpaired) electrons. The second kappa shape index (κ2) is 6.87. The van der Waals surface area contributed by atoms with E-state index in [1.165, 1.54) is 55.2 Å². The van der Waals surface area contributed by atoms with Gasteiger partial charge in [0.1, 0.15) is 12.4 Å². The Morgan fingerprint density at radius 1 is 0.897 bits per heavy atom. The Kier molecular flexibility index (Phi) is 4.55. The summed E-state index contributed by atoms with van der Waals surface area (Å²) in [6, 6.07) is 17.1. The molecule has 0 spiro atoms. The van der Waals surface area contributed by atoms with Gasteiger partial charge in [-0.1, -0.05) is 50.2 Å². The highest BCUT2D eigenvalue weighted by atomic mass is 16.5. The third-order valence-corrected chi connectivity index (χ3v) is 7.87. The van der Waals surface area contributed by atoms with Crippen molar-refractivity contribution in [2.24, 2.45) is 16.7 Å². The number of rotatable bonds is 6. The molecule has 4 saturated carbocycles. The molecule has 6 rings (SSSR count). The van der Waals surface area contributed by atoms with Crippen molar-refractivity contribution in [2.75, 3.05) is 0 Å². The topological polar surface area (TPSA) is 21.3 Å². The van der Waals surface area contributed by atoms with Gasteiger partial charge in [-0.25, -0.2) is 0 Å². The molecule has 4 aliphatic rings. The van der Waals surface area contributed by atoms with Gasteiger partial charge in [-0.2, -0.15) is 0 Å². The molecule has 4 atom stereocenters. The van der Waals surface area contributed by atoms with E-state index in [0.717, 1.165) is 18.2 Å². The molecule has 2 aromatic rings. The molecule has 0 aromatic heterocycles. The summed E-state index contributed by atoms with van der Waals surface area (Å²) < 4.78 is 6.01. The van der Waals surface area contributed by atoms with Crippen LogP contribution in [-0.2, 0) is 13.2 Å². The van der Waals surface area contributed by atoms with Gasteiger partial charge in [0.15, 0.2) is 0 Å². The Morgan fingerprint density at radius 2 is 1.59 bits per heavy atom. The summed E-state index contributed by atoms with van der Waals surface area (Å²) in [5.41, 5.74) is 5.39. The van der Waals surface area contributed by atoms with Crippen molar-refractivity contribution in [2.45, 2.75) is 78.0 Å². The summed E-state index contributed by atoms with van der Waals surface area (Å²) in [5, 5.41) is 4.04. The standard InChI is InChI=1S/C27H35NO/c1-20-6-4-5-7-23(20)16-29-24-10-8-21(9-11-24)15-28-27-14-22-12-25(2,18-27)17-26(3,13-22)19-27/h4-11,22,28H,12-19H2,1-3H3/t22?,25-,26+,27?. The van der Waals surface area contributed by atoms with E-state index in [-0.39, 0.29) is 0 Å². The van der Waals surface area contributed by atoms with E-state index in [0.29, 0.717) is 23.0 Å². The zero-order chi connectivity index (χ0) is 20.1. The second-order valence-electron chi connectivity index (χ2n) is 11.1. The van der Waals surface area contributed by atoms with E-state index in [9.17, 15) is 0 Å². The molecule has 2 heteroatoms. The van der Waals surface area contributed by atoms with Crippen LogP contribution in [0.4, 0.5) is 0 Å². The fourth-order valence-electron chi connectivity index (χ4n) is 7.57.